The molecule has 0 aliphatic rings. The van der Waals surface area contributed by atoms with Crippen molar-refractivity contribution in [2.24, 2.45) is 0 Å². The van der Waals surface area contributed by atoms with Crippen LogP contribution in [0.5, 0.6) is 0 Å². The monoisotopic (exact) mass is 364 g/mol. The molecule has 0 fully saturated rings. The fourth-order valence-corrected chi connectivity index (χ4v) is 3.67. The highest BCUT2D eigenvalue weighted by Gasteiger charge is 2.17. The summed E-state index contributed by atoms with van der Waals surface area (Å²) >= 11 is 13.0. The predicted molar refractivity (Wildman–Crippen MR) is 84.4 cm³/mol. The van der Waals surface area contributed by atoms with Crippen molar-refractivity contribution >= 4 is 55.4 Å². The van der Waals surface area contributed by atoms with Gasteiger partial charge in [-0.25, -0.2) is 13.4 Å². The van der Waals surface area contributed by atoms with E-state index < -0.39 is 15.7 Å². The second-order valence-corrected chi connectivity index (χ2v) is 7.86. The van der Waals surface area contributed by atoms with Gasteiger partial charge in [0.05, 0.1) is 10.6 Å². The van der Waals surface area contributed by atoms with Crippen LogP contribution in [-0.2, 0) is 9.84 Å². The van der Waals surface area contributed by atoms with Crippen LogP contribution in [0.3, 0.4) is 0 Å². The van der Waals surface area contributed by atoms with Gasteiger partial charge in [-0.15, -0.1) is 11.3 Å². The number of aromatic nitrogens is 1. The van der Waals surface area contributed by atoms with Gasteiger partial charge in [-0.2, -0.15) is 0 Å². The van der Waals surface area contributed by atoms with Gasteiger partial charge in [-0.3, -0.25) is 10.1 Å². The molecule has 0 radical (unpaired) electrons. The molecule has 9 heteroatoms. The number of sulfone groups is 1. The van der Waals surface area contributed by atoms with Gasteiger partial charge in [0.25, 0.3) is 5.91 Å². The summed E-state index contributed by atoms with van der Waals surface area (Å²) in [5.41, 5.74) is 0.844. The second kappa shape index (κ2) is 5.92. The Bertz CT molecular complexity index is 816. The molecule has 0 unspecified atom stereocenters. The smallest absolute Gasteiger partial charge is 0.258 e. The van der Waals surface area contributed by atoms with Crippen molar-refractivity contribution in [1.29, 1.82) is 0 Å². The molecule has 1 heterocycles. The number of amides is 1. The van der Waals surface area contributed by atoms with E-state index >= 15 is 0 Å². The quantitative estimate of drug-likeness (QED) is 0.904. The van der Waals surface area contributed by atoms with Crippen molar-refractivity contribution in [2.75, 3.05) is 11.6 Å². The summed E-state index contributed by atoms with van der Waals surface area (Å²) in [7, 11) is -3.40. The summed E-state index contributed by atoms with van der Waals surface area (Å²) in [4.78, 5) is 16.0. The Balaban J connectivity index is 2.27. The fourth-order valence-electron chi connectivity index (χ4n) is 1.49. The number of nitrogens with one attached hydrogen (secondary N) is 1. The number of hydrogen-bond acceptors (Lipinski definition) is 5. The van der Waals surface area contributed by atoms with Crippen LogP contribution in [0.4, 0.5) is 5.13 Å². The molecule has 1 aromatic carbocycles. The van der Waals surface area contributed by atoms with Gasteiger partial charge >= 0.3 is 0 Å². The topological polar surface area (TPSA) is 76.1 Å². The summed E-state index contributed by atoms with van der Waals surface area (Å²) in [5, 5.41) is 4.69. The number of thiazole rings is 1. The van der Waals surface area contributed by atoms with E-state index in [1.54, 1.807) is 13.0 Å². The molecular formula is C12H10Cl2N2O3S2. The van der Waals surface area contributed by atoms with Gasteiger partial charge in [0.15, 0.2) is 20.0 Å². The third-order valence-corrected chi connectivity index (χ3v) is 5.42. The number of benzene rings is 1. The molecule has 0 aliphatic carbocycles. The Hall–Kier alpha value is -1.15. The largest absolute Gasteiger partial charge is 0.298 e. The Labute approximate surface area is 135 Å². The standard InChI is InChI=1S/C12H10Cl2N2O3S2/c1-6-8(13)4-3-7(10(6)14)11(17)16-12-15-9(5-20-12)21(2,18)19/h3-5H,1-2H3,(H,15,16,17). The molecule has 1 aromatic heterocycles. The molecule has 112 valence electrons. The van der Waals surface area contributed by atoms with Gasteiger partial charge in [0.1, 0.15) is 0 Å². The van der Waals surface area contributed by atoms with E-state index in [9.17, 15) is 13.2 Å². The van der Waals surface area contributed by atoms with Gasteiger partial charge in [0.2, 0.25) is 0 Å². The predicted octanol–water partition coefficient (Wildman–Crippen LogP) is 3.41. The van der Waals surface area contributed by atoms with Crippen LogP contribution < -0.4 is 5.32 Å². The number of hydrogen-bond donors (Lipinski definition) is 1. The van der Waals surface area contributed by atoms with Crippen LogP contribution in [0.2, 0.25) is 10.0 Å². The molecule has 2 aromatic rings. The molecular weight excluding hydrogens is 355 g/mol. The number of rotatable bonds is 3. The maximum atomic E-state index is 12.1. The maximum absolute atomic E-state index is 12.1. The highest BCUT2D eigenvalue weighted by molar-refractivity contribution is 7.90. The summed E-state index contributed by atoms with van der Waals surface area (Å²) in [5.74, 6) is -0.478. The van der Waals surface area contributed by atoms with Gasteiger partial charge in [0, 0.05) is 16.7 Å². The molecule has 21 heavy (non-hydrogen) atoms. The first kappa shape index (κ1) is 16.2. The number of halogens is 2. The number of anilines is 1. The van der Waals surface area contributed by atoms with Gasteiger partial charge in [-0.05, 0) is 24.6 Å². The number of nitrogens with zero attached hydrogens (tertiary/aromatic N) is 1. The Morgan fingerprint density at radius 3 is 2.57 bits per heavy atom. The van der Waals surface area contributed by atoms with Gasteiger partial charge in [-0.1, -0.05) is 23.2 Å². The van der Waals surface area contributed by atoms with Crippen LogP contribution in [0.1, 0.15) is 15.9 Å². The second-order valence-electron chi connectivity index (χ2n) is 4.25. The van der Waals surface area contributed by atoms with Crippen LogP contribution in [0.15, 0.2) is 22.5 Å². The van der Waals surface area contributed by atoms with E-state index in [0.717, 1.165) is 17.6 Å². The molecule has 2 rings (SSSR count). The zero-order valence-electron chi connectivity index (χ0n) is 11.0. The van der Waals surface area contributed by atoms with Crippen molar-refractivity contribution in [3.05, 3.63) is 38.7 Å². The maximum Gasteiger partial charge on any atom is 0.258 e. The third-order valence-electron chi connectivity index (χ3n) is 2.65. The summed E-state index contributed by atoms with van der Waals surface area (Å²) in [6.45, 7) is 1.70. The minimum absolute atomic E-state index is 0.0822. The van der Waals surface area contributed by atoms with E-state index in [1.807, 2.05) is 0 Å². The van der Waals surface area contributed by atoms with Crippen molar-refractivity contribution < 1.29 is 13.2 Å². The van der Waals surface area contributed by atoms with E-state index in [0.29, 0.717) is 10.6 Å². The molecule has 0 bridgehead atoms. The highest BCUT2D eigenvalue weighted by Crippen LogP contribution is 2.28. The number of carbonyl (C=O) groups is 1. The van der Waals surface area contributed by atoms with Crippen molar-refractivity contribution in [1.82, 2.24) is 4.98 Å². The lowest BCUT2D eigenvalue weighted by Crippen LogP contribution is -2.13. The Morgan fingerprint density at radius 2 is 2.00 bits per heavy atom. The van der Waals surface area contributed by atoms with E-state index in [4.69, 9.17) is 23.2 Å². The molecule has 0 atom stereocenters. The Morgan fingerprint density at radius 1 is 1.33 bits per heavy atom. The molecule has 0 aliphatic heterocycles. The molecule has 5 nitrogen and oxygen atoms in total. The van der Waals surface area contributed by atoms with Crippen LogP contribution in [-0.4, -0.2) is 25.6 Å². The molecule has 0 spiro atoms. The summed E-state index contributed by atoms with van der Waals surface area (Å²) in [6, 6.07) is 3.07. The van der Waals surface area contributed by atoms with Crippen LogP contribution in [0, 0.1) is 6.92 Å². The lowest BCUT2D eigenvalue weighted by molar-refractivity contribution is 0.102. The van der Waals surface area contributed by atoms with E-state index in [2.05, 4.69) is 10.3 Å². The molecule has 0 saturated heterocycles. The SMILES string of the molecule is Cc1c(Cl)ccc(C(=O)Nc2nc(S(C)(=O)=O)cs2)c1Cl. The molecule has 0 saturated carbocycles. The molecule has 1 amide bonds. The minimum Gasteiger partial charge on any atom is -0.298 e. The zero-order valence-corrected chi connectivity index (χ0v) is 14.1. The average molecular weight is 365 g/mol. The average Bonchev–Trinajstić information content (AvgIpc) is 2.84. The first-order valence-electron chi connectivity index (χ1n) is 5.61. The van der Waals surface area contributed by atoms with Crippen molar-refractivity contribution in [2.45, 2.75) is 11.9 Å². The minimum atomic E-state index is -3.40. The molecule has 1 N–H and O–H groups in total. The van der Waals surface area contributed by atoms with E-state index in [1.165, 1.54) is 11.4 Å². The highest BCUT2D eigenvalue weighted by atomic mass is 35.5. The lowest BCUT2D eigenvalue weighted by Gasteiger charge is -2.07. The van der Waals surface area contributed by atoms with Gasteiger partial charge < -0.3 is 0 Å². The normalized spacial score (nSPS) is 11.4. The number of carbonyl (C=O) groups excluding carboxylic acids is 1. The van der Waals surface area contributed by atoms with Crippen LogP contribution >= 0.6 is 34.5 Å². The van der Waals surface area contributed by atoms with Crippen molar-refractivity contribution in [3.63, 3.8) is 0 Å². The summed E-state index contributed by atoms with van der Waals surface area (Å²) < 4.78 is 22.7. The first-order valence-corrected chi connectivity index (χ1v) is 9.14. The first-order chi connectivity index (χ1) is 9.70. The van der Waals surface area contributed by atoms with Crippen LogP contribution in [0.25, 0.3) is 0 Å². The Kier molecular flexibility index (Phi) is 4.57. The fraction of sp³-hybridized carbons (Fsp3) is 0.167. The van der Waals surface area contributed by atoms with E-state index in [-0.39, 0.29) is 20.7 Å². The third kappa shape index (κ3) is 3.55. The lowest BCUT2D eigenvalue weighted by atomic mass is 10.1. The summed E-state index contributed by atoms with van der Waals surface area (Å²) in [6.07, 6.45) is 1.05. The van der Waals surface area contributed by atoms with Crippen molar-refractivity contribution in [3.8, 4) is 0 Å². The zero-order chi connectivity index (χ0) is 15.8.